The molecule has 5 aliphatic rings. The maximum absolute atomic E-state index is 17.7. The number of aliphatic hydroxyl groups is 1. The molecule has 3 saturated carbocycles. The monoisotopic (exact) mass is 529 g/mol. The third-order valence-corrected chi connectivity index (χ3v) is 11.7. The molecule has 0 bridgehead atoms. The number of hydrogen-bond donors (Lipinski definition) is 1. The van der Waals surface area contributed by atoms with E-state index in [2.05, 4.69) is 11.8 Å². The molecular weight excluding hydrogens is 492 g/mol. The van der Waals surface area contributed by atoms with Crippen molar-refractivity contribution in [2.75, 3.05) is 20.0 Å². The van der Waals surface area contributed by atoms with Crippen molar-refractivity contribution in [3.05, 3.63) is 47.5 Å². The van der Waals surface area contributed by atoms with Gasteiger partial charge in [0, 0.05) is 24.4 Å². The molecule has 0 radical (unpaired) electrons. The molecule has 6 rings (SSSR count). The normalized spacial score (nSPS) is 45.7. The molecule has 206 valence electrons. The number of carbonyl (C=O) groups excluding carboxylic acids is 2. The first kappa shape index (κ1) is 25.9. The Bertz CT molecular complexity index is 1260. The van der Waals surface area contributed by atoms with Crippen molar-refractivity contribution < 1.29 is 32.6 Å². The Balaban J connectivity index is 1.43. The smallest absolute Gasteiger partial charge is 0.316 e. The van der Waals surface area contributed by atoms with Gasteiger partial charge in [0.05, 0.1) is 18.1 Å². The van der Waals surface area contributed by atoms with E-state index in [4.69, 9.17) is 9.15 Å². The van der Waals surface area contributed by atoms with Crippen LogP contribution in [0.15, 0.2) is 40.4 Å². The lowest BCUT2D eigenvalue weighted by Crippen LogP contribution is -2.71. The van der Waals surface area contributed by atoms with Crippen molar-refractivity contribution in [3.63, 3.8) is 0 Å². The number of esters is 1. The van der Waals surface area contributed by atoms with Gasteiger partial charge in [0.25, 0.3) is 0 Å². The molecular formula is C30H37F2NO5. The number of alkyl halides is 2. The predicted molar refractivity (Wildman–Crippen MR) is 135 cm³/mol. The predicted octanol–water partition coefficient (Wildman–Crippen LogP) is 4.85. The number of likely N-dealkylation sites (tertiary alicyclic amines) is 1. The average molecular weight is 530 g/mol. The SMILES string of the molecule is Cc1ccc(CN2CC3CC4(C)C5CCC6=CC(=O)C=CC6(C)C5(F)C(O)CC4(C)C3(C(=O)OCF)C2)o1. The summed E-state index contributed by atoms with van der Waals surface area (Å²) >= 11 is 0. The molecule has 4 fully saturated rings. The van der Waals surface area contributed by atoms with Crippen molar-refractivity contribution in [3.8, 4) is 0 Å². The van der Waals surface area contributed by atoms with E-state index in [-0.39, 0.29) is 18.1 Å². The van der Waals surface area contributed by atoms with Crippen LogP contribution in [0.4, 0.5) is 8.78 Å². The van der Waals surface area contributed by atoms with Crippen LogP contribution in [-0.2, 0) is 20.9 Å². The lowest BCUT2D eigenvalue weighted by molar-refractivity contribution is -0.241. The fraction of sp³-hybridized carbons (Fsp3) is 0.667. The van der Waals surface area contributed by atoms with Crippen LogP contribution >= 0.6 is 0 Å². The number of fused-ring (bicyclic) bond motifs is 7. The van der Waals surface area contributed by atoms with Crippen molar-refractivity contribution in [2.24, 2.45) is 33.5 Å². The third kappa shape index (κ3) is 2.94. The minimum Gasteiger partial charge on any atom is -0.465 e. The van der Waals surface area contributed by atoms with E-state index >= 15 is 4.39 Å². The number of rotatable bonds is 4. The molecule has 38 heavy (non-hydrogen) atoms. The standard InChI is InChI=1S/C30H37F2NO5/c1-18-5-7-22(38-18)15-33-14-20-12-27(3)23-8-6-19-11-21(34)9-10-26(19,2)30(23,32)24(35)13-28(27,4)29(20,16-33)25(36)37-17-31/h5,7,9-11,20,23-24,35H,6,8,12-17H2,1-4H3. The zero-order valence-corrected chi connectivity index (χ0v) is 22.6. The van der Waals surface area contributed by atoms with E-state index in [0.29, 0.717) is 38.9 Å². The maximum Gasteiger partial charge on any atom is 0.316 e. The number of nitrogens with zero attached hydrogens (tertiary/aromatic N) is 1. The average Bonchev–Trinajstić information content (AvgIpc) is 3.47. The second-order valence-corrected chi connectivity index (χ2v) is 13.0. The largest absolute Gasteiger partial charge is 0.465 e. The highest BCUT2D eigenvalue weighted by Crippen LogP contribution is 2.79. The lowest BCUT2D eigenvalue weighted by atomic mass is 9.39. The van der Waals surface area contributed by atoms with Crippen molar-refractivity contribution >= 4 is 11.8 Å². The zero-order chi connectivity index (χ0) is 27.3. The van der Waals surface area contributed by atoms with Gasteiger partial charge in [-0.2, -0.15) is 0 Å². The first-order valence-corrected chi connectivity index (χ1v) is 13.7. The Labute approximate surface area is 222 Å². The summed E-state index contributed by atoms with van der Waals surface area (Å²) in [5.74, 6) is 0.0996. The molecule has 1 aromatic heterocycles. The van der Waals surface area contributed by atoms with E-state index < -0.39 is 52.2 Å². The summed E-state index contributed by atoms with van der Waals surface area (Å²) in [6.45, 7) is 7.92. The molecule has 1 aliphatic heterocycles. The number of allylic oxidation sites excluding steroid dienone is 4. The fourth-order valence-electron chi connectivity index (χ4n) is 9.81. The van der Waals surface area contributed by atoms with Crippen LogP contribution in [0.25, 0.3) is 0 Å². The Morgan fingerprint density at radius 3 is 2.71 bits per heavy atom. The molecule has 4 aliphatic carbocycles. The molecule has 0 amide bonds. The number of carbonyl (C=O) groups is 2. The molecule has 2 heterocycles. The van der Waals surface area contributed by atoms with Gasteiger partial charge in [-0.1, -0.05) is 25.5 Å². The minimum absolute atomic E-state index is 0.0484. The topological polar surface area (TPSA) is 80.0 Å². The quantitative estimate of drug-likeness (QED) is 0.562. The summed E-state index contributed by atoms with van der Waals surface area (Å²) < 4.78 is 42.1. The highest BCUT2D eigenvalue weighted by Gasteiger charge is 2.82. The van der Waals surface area contributed by atoms with Crippen molar-refractivity contribution in [1.82, 2.24) is 4.90 Å². The highest BCUT2D eigenvalue weighted by atomic mass is 19.1. The van der Waals surface area contributed by atoms with Crippen molar-refractivity contribution in [1.29, 1.82) is 0 Å². The second kappa shape index (κ2) is 8.10. The van der Waals surface area contributed by atoms with E-state index in [1.165, 1.54) is 12.2 Å². The summed E-state index contributed by atoms with van der Waals surface area (Å²) in [6.07, 6.45) is 4.85. The second-order valence-electron chi connectivity index (χ2n) is 13.0. The van der Waals surface area contributed by atoms with E-state index in [1.54, 1.807) is 13.0 Å². The van der Waals surface area contributed by atoms with Gasteiger partial charge in [0.2, 0.25) is 6.86 Å². The molecule has 0 aromatic carbocycles. The highest BCUT2D eigenvalue weighted by molar-refractivity contribution is 6.01. The van der Waals surface area contributed by atoms with Gasteiger partial charge in [-0.15, -0.1) is 0 Å². The van der Waals surface area contributed by atoms with Crippen LogP contribution in [0.5, 0.6) is 0 Å². The fourth-order valence-corrected chi connectivity index (χ4v) is 9.81. The number of ketones is 1. The van der Waals surface area contributed by atoms with Crippen LogP contribution in [-0.4, -0.2) is 53.5 Å². The number of aryl methyl sites for hydroxylation is 1. The molecule has 6 nitrogen and oxygen atoms in total. The molecule has 0 spiro atoms. The number of hydrogen-bond acceptors (Lipinski definition) is 6. The Hall–Kier alpha value is -2.32. The summed E-state index contributed by atoms with van der Waals surface area (Å²) in [4.78, 5) is 28.1. The maximum atomic E-state index is 17.7. The molecule has 1 aromatic rings. The van der Waals surface area contributed by atoms with Gasteiger partial charge < -0.3 is 14.3 Å². The number of halogens is 2. The van der Waals surface area contributed by atoms with Crippen LogP contribution < -0.4 is 0 Å². The van der Waals surface area contributed by atoms with E-state index in [1.807, 2.05) is 26.0 Å². The van der Waals surface area contributed by atoms with Gasteiger partial charge >= 0.3 is 5.97 Å². The van der Waals surface area contributed by atoms with Crippen LogP contribution in [0, 0.1) is 40.4 Å². The summed E-state index contributed by atoms with van der Waals surface area (Å²) in [5.41, 5.74) is -4.97. The first-order chi connectivity index (χ1) is 17.9. The Kier molecular flexibility index (Phi) is 5.53. The zero-order valence-electron chi connectivity index (χ0n) is 22.6. The number of furan rings is 1. The van der Waals surface area contributed by atoms with Gasteiger partial charge in [-0.3, -0.25) is 14.5 Å². The third-order valence-electron chi connectivity index (χ3n) is 11.7. The lowest BCUT2D eigenvalue weighted by Gasteiger charge is -2.67. The van der Waals surface area contributed by atoms with Crippen molar-refractivity contribution in [2.45, 2.75) is 71.7 Å². The minimum atomic E-state index is -2.00. The first-order valence-electron chi connectivity index (χ1n) is 13.7. The van der Waals surface area contributed by atoms with Crippen LogP contribution in [0.2, 0.25) is 0 Å². The number of ether oxygens (including phenoxy) is 1. The van der Waals surface area contributed by atoms with Gasteiger partial charge in [-0.25, -0.2) is 8.78 Å². The van der Waals surface area contributed by atoms with E-state index in [9.17, 15) is 19.1 Å². The van der Waals surface area contributed by atoms with Gasteiger partial charge in [0.1, 0.15) is 11.5 Å². The Morgan fingerprint density at radius 2 is 2.03 bits per heavy atom. The summed E-state index contributed by atoms with van der Waals surface area (Å²) in [7, 11) is 0. The number of aliphatic hydroxyl groups excluding tert-OH is 1. The van der Waals surface area contributed by atoms with Crippen LogP contribution in [0.3, 0.4) is 0 Å². The van der Waals surface area contributed by atoms with Gasteiger partial charge in [0.15, 0.2) is 11.5 Å². The molecule has 1 saturated heterocycles. The summed E-state index contributed by atoms with van der Waals surface area (Å²) in [5, 5.41) is 11.7. The molecule has 8 atom stereocenters. The molecule has 1 N–H and O–H groups in total. The Morgan fingerprint density at radius 1 is 1.26 bits per heavy atom. The summed E-state index contributed by atoms with van der Waals surface area (Å²) in [6, 6.07) is 3.82. The molecule has 8 unspecified atom stereocenters. The van der Waals surface area contributed by atoms with Gasteiger partial charge in [-0.05, 0) is 80.6 Å². The molecule has 8 heteroatoms. The van der Waals surface area contributed by atoms with E-state index in [0.717, 1.165) is 17.1 Å². The van der Waals surface area contributed by atoms with Crippen LogP contribution in [0.1, 0.15) is 58.0 Å².